The third-order valence-electron chi connectivity index (χ3n) is 2.22. The number of hydrogen-bond donors (Lipinski definition) is 2. The van der Waals surface area contributed by atoms with Crippen LogP contribution in [0.3, 0.4) is 0 Å². The van der Waals surface area contributed by atoms with Crippen molar-refractivity contribution < 1.29 is 9.53 Å². The van der Waals surface area contributed by atoms with E-state index in [0.717, 1.165) is 5.56 Å². The van der Waals surface area contributed by atoms with Gasteiger partial charge in [0.05, 0.1) is 0 Å². The highest BCUT2D eigenvalue weighted by molar-refractivity contribution is 5.83. The molecule has 0 aliphatic heterocycles. The van der Waals surface area contributed by atoms with Gasteiger partial charge in [0.1, 0.15) is 12.4 Å². The molecule has 0 unspecified atom stereocenters. The lowest BCUT2D eigenvalue weighted by molar-refractivity contribution is 0.155. The van der Waals surface area contributed by atoms with Gasteiger partial charge in [-0.15, -0.1) is 0 Å². The van der Waals surface area contributed by atoms with Crippen molar-refractivity contribution in [3.63, 3.8) is 0 Å². The third kappa shape index (κ3) is 3.48. The first-order chi connectivity index (χ1) is 8.74. The highest BCUT2D eigenvalue weighted by Gasteiger charge is 2.03. The van der Waals surface area contributed by atoms with Gasteiger partial charge in [-0.3, -0.25) is 10.1 Å². The average molecular weight is 244 g/mol. The maximum atomic E-state index is 11.4. The molecule has 0 radical (unpaired) electrons. The molecule has 0 saturated carbocycles. The van der Waals surface area contributed by atoms with Crippen molar-refractivity contribution in [2.75, 3.05) is 5.32 Å². The number of rotatable bonds is 3. The SMILES string of the molecule is O=C(Nc1cc(=O)cc[nH]1)OCc1ccccc1. The van der Waals surface area contributed by atoms with Crippen molar-refractivity contribution in [3.05, 3.63) is 64.4 Å². The average Bonchev–Trinajstić information content (AvgIpc) is 2.38. The van der Waals surface area contributed by atoms with E-state index in [1.165, 1.54) is 18.3 Å². The minimum absolute atomic E-state index is 0.184. The molecule has 18 heavy (non-hydrogen) atoms. The predicted molar refractivity (Wildman–Crippen MR) is 67.3 cm³/mol. The molecule has 0 aliphatic rings. The zero-order valence-electron chi connectivity index (χ0n) is 9.55. The molecule has 5 nitrogen and oxygen atoms in total. The van der Waals surface area contributed by atoms with Gasteiger partial charge in [0.25, 0.3) is 0 Å². The van der Waals surface area contributed by atoms with Gasteiger partial charge < -0.3 is 9.72 Å². The van der Waals surface area contributed by atoms with Crippen molar-refractivity contribution in [1.82, 2.24) is 4.98 Å². The van der Waals surface area contributed by atoms with Gasteiger partial charge >= 0.3 is 6.09 Å². The first-order valence-electron chi connectivity index (χ1n) is 5.40. The number of nitrogens with one attached hydrogen (secondary N) is 2. The molecule has 2 aromatic rings. The lowest BCUT2D eigenvalue weighted by Crippen LogP contribution is -2.15. The van der Waals surface area contributed by atoms with E-state index in [4.69, 9.17) is 4.74 Å². The van der Waals surface area contributed by atoms with Crippen LogP contribution in [0.5, 0.6) is 0 Å². The van der Waals surface area contributed by atoms with Gasteiger partial charge in [-0.1, -0.05) is 30.3 Å². The summed E-state index contributed by atoms with van der Waals surface area (Å²) in [6.45, 7) is 0.184. The van der Waals surface area contributed by atoms with Crippen LogP contribution in [0.15, 0.2) is 53.5 Å². The standard InChI is InChI=1S/C13H12N2O3/c16-11-6-7-14-12(8-11)15-13(17)18-9-10-4-2-1-3-5-10/h1-8H,9H2,(H2,14,15,16,17). The number of hydrogen-bond acceptors (Lipinski definition) is 3. The van der Waals surface area contributed by atoms with Crippen molar-refractivity contribution in [3.8, 4) is 0 Å². The zero-order chi connectivity index (χ0) is 12.8. The van der Waals surface area contributed by atoms with Crippen LogP contribution in [0.4, 0.5) is 10.6 Å². The summed E-state index contributed by atoms with van der Waals surface area (Å²) in [5.41, 5.74) is 0.710. The Morgan fingerprint density at radius 3 is 2.72 bits per heavy atom. The molecule has 2 N–H and O–H groups in total. The fraction of sp³-hybridized carbons (Fsp3) is 0.0769. The van der Waals surface area contributed by atoms with Gasteiger partial charge in [-0.2, -0.15) is 0 Å². The summed E-state index contributed by atoms with van der Waals surface area (Å²) in [7, 11) is 0. The molecule has 92 valence electrons. The van der Waals surface area contributed by atoms with E-state index in [1.54, 1.807) is 0 Å². The second-order valence-corrected chi connectivity index (χ2v) is 3.62. The van der Waals surface area contributed by atoms with Crippen molar-refractivity contribution in [2.45, 2.75) is 6.61 Å². The molecule has 0 atom stereocenters. The van der Waals surface area contributed by atoms with Crippen molar-refractivity contribution >= 4 is 11.9 Å². The van der Waals surface area contributed by atoms with E-state index in [-0.39, 0.29) is 12.0 Å². The molecular formula is C13H12N2O3. The van der Waals surface area contributed by atoms with Gasteiger partial charge in [0.2, 0.25) is 0 Å². The number of benzene rings is 1. The lowest BCUT2D eigenvalue weighted by Gasteiger charge is -2.06. The molecule has 1 aromatic heterocycles. The smallest absolute Gasteiger partial charge is 0.413 e. The fourth-order valence-corrected chi connectivity index (χ4v) is 1.39. The Hall–Kier alpha value is -2.56. The van der Waals surface area contributed by atoms with E-state index in [0.29, 0.717) is 5.82 Å². The number of pyridine rings is 1. The summed E-state index contributed by atoms with van der Waals surface area (Å²) in [6, 6.07) is 12.0. The molecule has 2 rings (SSSR count). The molecule has 0 aliphatic carbocycles. The first kappa shape index (κ1) is 11.9. The van der Waals surface area contributed by atoms with Crippen LogP contribution in [0.25, 0.3) is 0 Å². The van der Waals surface area contributed by atoms with Crippen LogP contribution in [0.2, 0.25) is 0 Å². The minimum atomic E-state index is -0.610. The minimum Gasteiger partial charge on any atom is -0.444 e. The third-order valence-corrected chi connectivity index (χ3v) is 2.22. The Kier molecular flexibility index (Phi) is 3.76. The van der Waals surface area contributed by atoms with Crippen molar-refractivity contribution in [1.29, 1.82) is 0 Å². The number of amides is 1. The van der Waals surface area contributed by atoms with Gasteiger partial charge in [0, 0.05) is 18.3 Å². The van der Waals surface area contributed by atoms with Crippen LogP contribution in [0, 0.1) is 0 Å². The molecule has 5 heteroatoms. The summed E-state index contributed by atoms with van der Waals surface area (Å²) < 4.78 is 5.00. The van der Waals surface area contributed by atoms with Gasteiger partial charge in [-0.05, 0) is 5.56 Å². The normalized spacial score (nSPS) is 9.78. The Morgan fingerprint density at radius 2 is 2.00 bits per heavy atom. The largest absolute Gasteiger partial charge is 0.444 e. The first-order valence-corrected chi connectivity index (χ1v) is 5.40. The molecule has 0 bridgehead atoms. The van der Waals surface area contributed by atoms with E-state index in [2.05, 4.69) is 10.3 Å². The molecular weight excluding hydrogens is 232 g/mol. The number of anilines is 1. The number of aromatic amines is 1. The molecule has 0 saturated heterocycles. The van der Waals surface area contributed by atoms with E-state index >= 15 is 0 Å². The number of carbonyl (C=O) groups is 1. The summed E-state index contributed by atoms with van der Waals surface area (Å²) >= 11 is 0. The maximum absolute atomic E-state index is 11.4. The number of H-pyrrole nitrogens is 1. The highest BCUT2D eigenvalue weighted by atomic mass is 16.5. The Balaban J connectivity index is 1.88. The quantitative estimate of drug-likeness (QED) is 0.868. The number of ether oxygens (including phenoxy) is 1. The Labute approximate surface area is 103 Å². The monoisotopic (exact) mass is 244 g/mol. The van der Waals surface area contributed by atoms with E-state index < -0.39 is 6.09 Å². The molecule has 1 amide bonds. The van der Waals surface area contributed by atoms with Crippen LogP contribution in [-0.4, -0.2) is 11.1 Å². The fourth-order valence-electron chi connectivity index (χ4n) is 1.39. The summed E-state index contributed by atoms with van der Waals surface area (Å²) in [6.07, 6.45) is 0.843. The van der Waals surface area contributed by atoms with Crippen LogP contribution in [0.1, 0.15) is 5.56 Å². The topological polar surface area (TPSA) is 71.2 Å². The molecule has 0 fully saturated rings. The Morgan fingerprint density at radius 1 is 1.22 bits per heavy atom. The summed E-state index contributed by atoms with van der Waals surface area (Å²) in [5, 5.41) is 2.44. The van der Waals surface area contributed by atoms with Crippen LogP contribution in [-0.2, 0) is 11.3 Å². The molecule has 1 aromatic carbocycles. The van der Waals surface area contributed by atoms with Crippen LogP contribution < -0.4 is 10.7 Å². The molecule has 1 heterocycles. The van der Waals surface area contributed by atoms with Crippen molar-refractivity contribution in [2.24, 2.45) is 0 Å². The van der Waals surface area contributed by atoms with E-state index in [1.807, 2.05) is 30.3 Å². The molecule has 0 spiro atoms. The lowest BCUT2D eigenvalue weighted by atomic mass is 10.2. The van der Waals surface area contributed by atoms with E-state index in [9.17, 15) is 9.59 Å². The summed E-state index contributed by atoms with van der Waals surface area (Å²) in [4.78, 5) is 25.2. The second kappa shape index (κ2) is 5.67. The number of carbonyl (C=O) groups excluding carboxylic acids is 1. The maximum Gasteiger partial charge on any atom is 0.413 e. The number of aromatic nitrogens is 1. The second-order valence-electron chi connectivity index (χ2n) is 3.62. The Bertz CT molecular complexity index is 578. The zero-order valence-corrected chi connectivity index (χ0v) is 9.55. The van der Waals surface area contributed by atoms with Gasteiger partial charge in [-0.25, -0.2) is 4.79 Å². The predicted octanol–water partition coefficient (Wildman–Crippen LogP) is 2.12. The summed E-state index contributed by atoms with van der Waals surface area (Å²) in [5.74, 6) is 0.306. The highest BCUT2D eigenvalue weighted by Crippen LogP contribution is 2.02. The van der Waals surface area contributed by atoms with Crippen LogP contribution >= 0.6 is 0 Å². The van der Waals surface area contributed by atoms with Gasteiger partial charge in [0.15, 0.2) is 5.43 Å².